The van der Waals surface area contributed by atoms with E-state index >= 15 is 0 Å². The summed E-state index contributed by atoms with van der Waals surface area (Å²) in [5.74, 6) is 1.96. The molecule has 8 nitrogen and oxygen atoms in total. The summed E-state index contributed by atoms with van der Waals surface area (Å²) in [6.07, 6.45) is 2.03. The minimum Gasteiger partial charge on any atom is -0.493 e. The molecule has 0 saturated carbocycles. The van der Waals surface area contributed by atoms with E-state index < -0.39 is 0 Å². The maximum absolute atomic E-state index is 6.16. The molecule has 0 spiro atoms. The highest BCUT2D eigenvalue weighted by Gasteiger charge is 2.21. The number of aromatic nitrogens is 3. The minimum atomic E-state index is 0.0974. The van der Waals surface area contributed by atoms with Crippen LogP contribution >= 0.6 is 23.1 Å². The Hall–Kier alpha value is -2.40. The second-order valence-corrected chi connectivity index (χ2v) is 11.1. The number of rotatable bonds is 11. The number of nitrogens with two attached hydrogens (primary N) is 1. The number of thiazole rings is 1. The summed E-state index contributed by atoms with van der Waals surface area (Å²) in [6.45, 7) is 11.2. The molecule has 1 aromatic carbocycles. The molecule has 2 aromatic heterocycles. The quantitative estimate of drug-likeness (QED) is 0.271. The number of methoxy groups -OCH3 is 1. The fourth-order valence-electron chi connectivity index (χ4n) is 4.07. The monoisotopic (exact) mass is 529 g/mol. The highest BCUT2D eigenvalue weighted by molar-refractivity contribution is 7.99. The van der Waals surface area contributed by atoms with Crippen molar-refractivity contribution in [1.82, 2.24) is 19.9 Å². The van der Waals surface area contributed by atoms with E-state index in [-0.39, 0.29) is 5.25 Å². The van der Waals surface area contributed by atoms with Gasteiger partial charge in [-0.05, 0) is 38.5 Å². The Morgan fingerprint density at radius 1 is 1.17 bits per heavy atom. The van der Waals surface area contributed by atoms with Gasteiger partial charge in [-0.3, -0.25) is 4.90 Å². The summed E-state index contributed by atoms with van der Waals surface area (Å²) in [4.78, 5) is 17.7. The lowest BCUT2D eigenvalue weighted by molar-refractivity contribution is 0.0321. The van der Waals surface area contributed by atoms with Crippen LogP contribution in [0.2, 0.25) is 0 Å². The van der Waals surface area contributed by atoms with Gasteiger partial charge in [-0.25, -0.2) is 15.0 Å². The molecular weight excluding hydrogens is 494 g/mol. The molecule has 3 aromatic rings. The number of thioether (sulfide) groups is 1. The summed E-state index contributed by atoms with van der Waals surface area (Å²) < 4.78 is 17.2. The van der Waals surface area contributed by atoms with Crippen LogP contribution in [-0.2, 0) is 11.2 Å². The average molecular weight is 530 g/mol. The van der Waals surface area contributed by atoms with Crippen molar-refractivity contribution in [3.8, 4) is 22.1 Å². The minimum absolute atomic E-state index is 0.0974. The summed E-state index contributed by atoms with van der Waals surface area (Å²) in [6, 6.07) is 7.83. The smallest absolute Gasteiger partial charge is 0.190 e. The molecule has 0 bridgehead atoms. The summed E-state index contributed by atoms with van der Waals surface area (Å²) >= 11 is 3.33. The number of morpholine rings is 1. The number of benzene rings is 1. The topological polar surface area (TPSA) is 95.6 Å². The molecule has 4 rings (SSSR count). The Morgan fingerprint density at radius 3 is 2.69 bits per heavy atom. The van der Waals surface area contributed by atoms with Gasteiger partial charge in [-0.1, -0.05) is 25.1 Å². The highest BCUT2D eigenvalue weighted by atomic mass is 32.2. The molecule has 3 heterocycles. The highest BCUT2D eigenvalue weighted by Crippen LogP contribution is 2.41. The van der Waals surface area contributed by atoms with Gasteiger partial charge in [0, 0.05) is 41.8 Å². The number of nitrogen functional groups attached to an aromatic ring is 1. The fourth-order valence-corrected chi connectivity index (χ4v) is 6.38. The third-order valence-electron chi connectivity index (χ3n) is 5.90. The molecule has 36 heavy (non-hydrogen) atoms. The predicted molar refractivity (Wildman–Crippen MR) is 146 cm³/mol. The zero-order chi connectivity index (χ0) is 25.5. The van der Waals surface area contributed by atoms with Gasteiger partial charge in [0.25, 0.3) is 0 Å². The Bertz CT molecular complexity index is 1130. The van der Waals surface area contributed by atoms with Crippen LogP contribution in [0.1, 0.15) is 41.8 Å². The molecular formula is C26H35N5O3S2. The molecule has 1 unspecified atom stereocenters. The van der Waals surface area contributed by atoms with Gasteiger partial charge >= 0.3 is 0 Å². The third-order valence-corrected chi connectivity index (χ3v) is 8.05. The van der Waals surface area contributed by atoms with Crippen LogP contribution in [-0.4, -0.2) is 66.4 Å². The molecule has 1 atom stereocenters. The van der Waals surface area contributed by atoms with Crippen LogP contribution in [0.15, 0.2) is 29.4 Å². The van der Waals surface area contributed by atoms with Crippen molar-refractivity contribution in [2.24, 2.45) is 0 Å². The van der Waals surface area contributed by atoms with E-state index in [1.165, 1.54) is 4.88 Å². The molecule has 0 amide bonds. The molecule has 1 saturated heterocycles. The van der Waals surface area contributed by atoms with Crippen molar-refractivity contribution in [1.29, 1.82) is 0 Å². The fraction of sp³-hybridized carbons (Fsp3) is 0.500. The van der Waals surface area contributed by atoms with Crippen LogP contribution in [0, 0.1) is 6.92 Å². The van der Waals surface area contributed by atoms with Crippen LogP contribution in [0.3, 0.4) is 0 Å². The van der Waals surface area contributed by atoms with Gasteiger partial charge in [-0.2, -0.15) is 0 Å². The number of hydrogen-bond acceptors (Lipinski definition) is 10. The summed E-state index contributed by atoms with van der Waals surface area (Å²) in [5.41, 5.74) is 8.91. The molecule has 2 N–H and O–H groups in total. The van der Waals surface area contributed by atoms with Crippen molar-refractivity contribution in [2.75, 3.05) is 52.3 Å². The van der Waals surface area contributed by atoms with Gasteiger partial charge < -0.3 is 19.9 Å². The number of ether oxygens (including phenoxy) is 3. The first-order valence-corrected chi connectivity index (χ1v) is 14.0. The lowest BCUT2D eigenvalue weighted by Gasteiger charge is -2.26. The average Bonchev–Trinajstić information content (AvgIpc) is 3.28. The summed E-state index contributed by atoms with van der Waals surface area (Å²) in [7, 11) is 1.67. The number of nitrogens with zero attached hydrogens (tertiary/aromatic N) is 4. The Labute approximate surface area is 221 Å². The van der Waals surface area contributed by atoms with Gasteiger partial charge in [0.15, 0.2) is 16.7 Å². The van der Waals surface area contributed by atoms with E-state index in [0.717, 1.165) is 79.1 Å². The van der Waals surface area contributed by atoms with Gasteiger partial charge in [0.2, 0.25) is 0 Å². The van der Waals surface area contributed by atoms with E-state index in [9.17, 15) is 0 Å². The molecule has 10 heteroatoms. The van der Waals surface area contributed by atoms with Crippen molar-refractivity contribution >= 4 is 28.9 Å². The number of anilines is 1. The number of hydrogen-bond donors (Lipinski definition) is 1. The van der Waals surface area contributed by atoms with Crippen LogP contribution < -0.4 is 15.2 Å². The normalized spacial score (nSPS) is 15.1. The van der Waals surface area contributed by atoms with Crippen LogP contribution in [0.4, 0.5) is 5.82 Å². The van der Waals surface area contributed by atoms with Crippen LogP contribution in [0.5, 0.6) is 11.5 Å². The Kier molecular flexibility index (Phi) is 9.41. The van der Waals surface area contributed by atoms with Gasteiger partial charge in [0.05, 0.1) is 31.3 Å². The van der Waals surface area contributed by atoms with E-state index in [1.807, 2.05) is 25.1 Å². The lowest BCUT2D eigenvalue weighted by atomic mass is 10.2. The zero-order valence-corrected chi connectivity index (χ0v) is 23.1. The van der Waals surface area contributed by atoms with E-state index in [1.54, 1.807) is 36.3 Å². The summed E-state index contributed by atoms with van der Waals surface area (Å²) in [5, 5.41) is 1.75. The molecule has 0 radical (unpaired) electrons. The predicted octanol–water partition coefficient (Wildman–Crippen LogP) is 5.02. The van der Waals surface area contributed by atoms with E-state index in [2.05, 4.69) is 28.7 Å². The first-order valence-electron chi connectivity index (χ1n) is 12.4. The van der Waals surface area contributed by atoms with Crippen molar-refractivity contribution in [2.45, 2.75) is 44.0 Å². The van der Waals surface area contributed by atoms with Gasteiger partial charge in [-0.15, -0.1) is 11.3 Å². The van der Waals surface area contributed by atoms with Crippen molar-refractivity contribution in [3.05, 3.63) is 40.5 Å². The zero-order valence-electron chi connectivity index (χ0n) is 21.5. The molecule has 1 aliphatic heterocycles. The second-order valence-electron chi connectivity index (χ2n) is 8.72. The Morgan fingerprint density at radius 2 is 1.97 bits per heavy atom. The lowest BCUT2D eigenvalue weighted by Crippen LogP contribution is -2.38. The first kappa shape index (κ1) is 26.7. The molecule has 0 aliphatic carbocycles. The molecule has 1 fully saturated rings. The first-order chi connectivity index (χ1) is 17.5. The largest absolute Gasteiger partial charge is 0.493 e. The van der Waals surface area contributed by atoms with E-state index in [0.29, 0.717) is 17.6 Å². The molecule has 1 aliphatic rings. The van der Waals surface area contributed by atoms with Gasteiger partial charge in [0.1, 0.15) is 17.4 Å². The van der Waals surface area contributed by atoms with Crippen molar-refractivity contribution < 1.29 is 14.2 Å². The van der Waals surface area contributed by atoms with Crippen LogP contribution in [0.25, 0.3) is 10.6 Å². The maximum atomic E-state index is 6.16. The van der Waals surface area contributed by atoms with E-state index in [4.69, 9.17) is 24.9 Å². The molecule has 194 valence electrons. The maximum Gasteiger partial charge on any atom is 0.190 e. The standard InChI is InChI=1S/C26H35N5O3S2/c1-5-6-22-24(18(3)35-26-28-17(2)15-23(27)29-26)30-25(36-22)19-7-8-20(32-4)21(16-19)34-14-11-31-9-12-33-13-10-31/h7-8,15-16,18H,5-6,9-14H2,1-4H3,(H2,27,28,29). The number of aryl methyl sites for hydroxylation is 2. The Balaban J connectivity index is 1.53. The second kappa shape index (κ2) is 12.7. The van der Waals surface area contributed by atoms with Crippen molar-refractivity contribution in [3.63, 3.8) is 0 Å². The third kappa shape index (κ3) is 6.88. The SMILES string of the molecule is CCCc1sc(-c2ccc(OC)c(OCCN3CCOCC3)c2)nc1C(C)Sc1nc(C)cc(N)n1.